The molecule has 17 atom stereocenters. The summed E-state index contributed by atoms with van der Waals surface area (Å²) in [4.78, 5) is 13.3. The maximum absolute atomic E-state index is 13.3. The minimum Gasteiger partial charge on any atom is -0.394 e. The second-order valence-electron chi connectivity index (χ2n) is 21.8. The number of rotatable bonds is 44. The largest absolute Gasteiger partial charge is 0.394 e. The third kappa shape index (κ3) is 25.5. The first-order valence-corrected chi connectivity index (χ1v) is 29.9. The summed E-state index contributed by atoms with van der Waals surface area (Å²) >= 11 is 0. The molecule has 0 bridgehead atoms. The van der Waals surface area contributed by atoms with Gasteiger partial charge in [0.05, 0.1) is 38.6 Å². The molecule has 0 saturated carbocycles. The molecule has 0 aromatic heterocycles. The van der Waals surface area contributed by atoms with Crippen molar-refractivity contribution in [1.82, 2.24) is 5.32 Å². The SMILES string of the molecule is CCCCCCCCCCCCCCCCCCCC/C=C/C(O)C(COC1OC(CO)C(OC2OC(CO)C(OC3OC(CO)C(O)C(O)C3O)C(O)C2O)C(O)C1O)NC(=O)CCCCCCCCCCCCC. The van der Waals surface area contributed by atoms with Gasteiger partial charge in [0.2, 0.25) is 5.91 Å². The van der Waals surface area contributed by atoms with E-state index in [1.54, 1.807) is 6.08 Å². The van der Waals surface area contributed by atoms with Crippen molar-refractivity contribution in [2.75, 3.05) is 26.4 Å². The van der Waals surface area contributed by atoms with Gasteiger partial charge in [0.25, 0.3) is 0 Å². The van der Waals surface area contributed by atoms with Crippen molar-refractivity contribution in [2.45, 2.75) is 317 Å². The molecule has 3 rings (SSSR count). The van der Waals surface area contributed by atoms with Gasteiger partial charge in [0.1, 0.15) is 73.2 Å². The Bertz CT molecular complexity index is 1450. The number of amides is 1. The van der Waals surface area contributed by atoms with Crippen LogP contribution in [0.15, 0.2) is 12.2 Å². The molecular formula is C57H107NO18. The summed E-state index contributed by atoms with van der Waals surface area (Å²) in [6, 6.07) is -0.966. The van der Waals surface area contributed by atoms with E-state index in [2.05, 4.69) is 19.2 Å². The minimum atomic E-state index is -1.97. The summed E-state index contributed by atoms with van der Waals surface area (Å²) in [5.74, 6) is -0.275. The summed E-state index contributed by atoms with van der Waals surface area (Å²) in [7, 11) is 0. The Hall–Kier alpha value is -1.47. The smallest absolute Gasteiger partial charge is 0.220 e. The van der Waals surface area contributed by atoms with Gasteiger partial charge in [-0.15, -0.1) is 0 Å². The van der Waals surface area contributed by atoms with Crippen LogP contribution in [0.2, 0.25) is 0 Å². The van der Waals surface area contributed by atoms with Crippen molar-refractivity contribution < 1.29 is 89.4 Å². The monoisotopic (exact) mass is 1090 g/mol. The lowest BCUT2D eigenvalue weighted by Crippen LogP contribution is -2.66. The number of aliphatic hydroxyl groups is 11. The average Bonchev–Trinajstić information content (AvgIpc) is 3.42. The Labute approximate surface area is 455 Å². The highest BCUT2D eigenvalue weighted by molar-refractivity contribution is 5.76. The average molecular weight is 1090 g/mol. The maximum Gasteiger partial charge on any atom is 0.220 e. The molecule has 0 spiro atoms. The topological polar surface area (TPSA) is 307 Å². The highest BCUT2D eigenvalue weighted by Crippen LogP contribution is 2.33. The number of hydrogen-bond acceptors (Lipinski definition) is 18. The van der Waals surface area contributed by atoms with E-state index < -0.39 is 124 Å². The normalized spacial score (nSPS) is 31.0. The van der Waals surface area contributed by atoms with Crippen LogP contribution in [-0.4, -0.2) is 193 Å². The van der Waals surface area contributed by atoms with Crippen molar-refractivity contribution in [3.8, 4) is 0 Å². The van der Waals surface area contributed by atoms with Crippen molar-refractivity contribution in [3.05, 3.63) is 12.2 Å². The molecule has 3 fully saturated rings. The Kier molecular flexibility index (Phi) is 37.6. The zero-order chi connectivity index (χ0) is 55.5. The Morgan fingerprint density at radius 2 is 0.816 bits per heavy atom. The fourth-order valence-corrected chi connectivity index (χ4v) is 10.4. The summed E-state index contributed by atoms with van der Waals surface area (Å²) in [5, 5.41) is 120. The second kappa shape index (κ2) is 41.5. The van der Waals surface area contributed by atoms with Crippen molar-refractivity contribution in [2.24, 2.45) is 0 Å². The molecule has 19 heteroatoms. The van der Waals surface area contributed by atoms with Gasteiger partial charge in [-0.25, -0.2) is 0 Å². The van der Waals surface area contributed by atoms with Crippen LogP contribution in [0.4, 0.5) is 0 Å². The first-order valence-electron chi connectivity index (χ1n) is 29.9. The number of nitrogens with one attached hydrogen (secondary N) is 1. The van der Waals surface area contributed by atoms with Gasteiger partial charge in [-0.2, -0.15) is 0 Å². The molecule has 3 heterocycles. The molecule has 1 amide bonds. The lowest BCUT2D eigenvalue weighted by Gasteiger charge is -2.48. The minimum absolute atomic E-state index is 0.248. The van der Waals surface area contributed by atoms with Gasteiger partial charge < -0.3 is 89.9 Å². The van der Waals surface area contributed by atoms with E-state index in [0.717, 1.165) is 44.9 Å². The standard InChI is InChI=1S/C57H107NO18/c1-3-5-7-9-11-13-15-16-17-18-19-20-21-22-23-25-26-28-30-32-34-41(62)40(58-45(63)35-33-31-29-27-24-14-12-10-8-6-4-2)39-71-55-51(69)48(66)53(43(37-60)73-55)76-57-52(70)49(67)54(44(38-61)74-57)75-56-50(68)47(65)46(64)42(36-59)72-56/h32,34,40-44,46-57,59-62,64-70H,3-31,33,35-39H2,1-2H3,(H,58,63)/b34-32+. The number of hydrogen-bond donors (Lipinski definition) is 12. The number of allylic oxidation sites excluding steroid dienone is 1. The van der Waals surface area contributed by atoms with Crippen LogP contribution in [0.3, 0.4) is 0 Å². The fraction of sp³-hybridized carbons (Fsp3) is 0.947. The van der Waals surface area contributed by atoms with E-state index in [1.807, 2.05) is 6.08 Å². The molecule has 17 unspecified atom stereocenters. The Morgan fingerprint density at radius 3 is 1.24 bits per heavy atom. The number of carbonyl (C=O) groups is 1. The molecule has 0 aliphatic carbocycles. The quantitative estimate of drug-likeness (QED) is 0.0283. The summed E-state index contributed by atoms with van der Waals surface area (Å²) in [6.45, 7) is 1.72. The first kappa shape index (κ1) is 68.8. The van der Waals surface area contributed by atoms with Gasteiger partial charge in [-0.1, -0.05) is 199 Å². The van der Waals surface area contributed by atoms with E-state index >= 15 is 0 Å². The van der Waals surface area contributed by atoms with Crippen LogP contribution in [0.25, 0.3) is 0 Å². The molecule has 3 aliphatic heterocycles. The van der Waals surface area contributed by atoms with Gasteiger partial charge in [0, 0.05) is 6.42 Å². The first-order chi connectivity index (χ1) is 36.8. The molecule has 0 aromatic carbocycles. The van der Waals surface area contributed by atoms with Crippen LogP contribution in [0.5, 0.6) is 0 Å². The van der Waals surface area contributed by atoms with Gasteiger partial charge >= 0.3 is 0 Å². The molecule has 3 saturated heterocycles. The summed E-state index contributed by atoms with van der Waals surface area (Å²) < 4.78 is 34.2. The van der Waals surface area contributed by atoms with Gasteiger partial charge in [-0.05, 0) is 19.3 Å². The third-order valence-corrected chi connectivity index (χ3v) is 15.3. The Morgan fingerprint density at radius 1 is 0.461 bits per heavy atom. The maximum atomic E-state index is 13.3. The summed E-state index contributed by atoms with van der Waals surface area (Å²) in [6.07, 6.45) is 13.4. The van der Waals surface area contributed by atoms with E-state index in [-0.39, 0.29) is 18.9 Å². The molecule has 76 heavy (non-hydrogen) atoms. The number of unbranched alkanes of at least 4 members (excludes halogenated alkanes) is 28. The second-order valence-corrected chi connectivity index (χ2v) is 21.8. The van der Waals surface area contributed by atoms with E-state index in [1.165, 1.54) is 141 Å². The van der Waals surface area contributed by atoms with E-state index in [9.17, 15) is 61.0 Å². The summed E-state index contributed by atoms with van der Waals surface area (Å²) in [5.41, 5.74) is 0. The predicted molar refractivity (Wildman–Crippen MR) is 287 cm³/mol. The number of ether oxygens (including phenoxy) is 6. The molecule has 3 aliphatic rings. The van der Waals surface area contributed by atoms with Crippen molar-refractivity contribution in [1.29, 1.82) is 0 Å². The van der Waals surface area contributed by atoms with Crippen LogP contribution < -0.4 is 5.32 Å². The lowest BCUT2D eigenvalue weighted by atomic mass is 9.96. The number of carbonyl (C=O) groups excluding carboxylic acids is 1. The van der Waals surface area contributed by atoms with Crippen LogP contribution in [0.1, 0.15) is 213 Å². The van der Waals surface area contributed by atoms with Crippen molar-refractivity contribution in [3.63, 3.8) is 0 Å². The van der Waals surface area contributed by atoms with Crippen LogP contribution >= 0.6 is 0 Å². The van der Waals surface area contributed by atoms with Crippen LogP contribution in [0, 0.1) is 0 Å². The molecule has 0 aromatic rings. The predicted octanol–water partition coefficient (Wildman–Crippen LogP) is 4.99. The van der Waals surface area contributed by atoms with E-state index in [0.29, 0.717) is 6.42 Å². The molecule has 12 N–H and O–H groups in total. The third-order valence-electron chi connectivity index (χ3n) is 15.3. The van der Waals surface area contributed by atoms with Crippen molar-refractivity contribution >= 4 is 5.91 Å². The molecule has 19 nitrogen and oxygen atoms in total. The highest BCUT2D eigenvalue weighted by atomic mass is 16.8. The van der Waals surface area contributed by atoms with Gasteiger partial charge in [0.15, 0.2) is 18.9 Å². The fourth-order valence-electron chi connectivity index (χ4n) is 10.4. The zero-order valence-corrected chi connectivity index (χ0v) is 46.5. The molecule has 448 valence electrons. The van der Waals surface area contributed by atoms with E-state index in [4.69, 9.17) is 28.4 Å². The molecular weight excluding hydrogens is 987 g/mol. The number of aliphatic hydroxyl groups excluding tert-OH is 11. The van der Waals surface area contributed by atoms with Crippen LogP contribution in [-0.2, 0) is 33.2 Å². The lowest BCUT2D eigenvalue weighted by molar-refractivity contribution is -0.379. The van der Waals surface area contributed by atoms with Gasteiger partial charge in [-0.3, -0.25) is 4.79 Å². The molecule has 0 radical (unpaired) electrons. The highest BCUT2D eigenvalue weighted by Gasteiger charge is 2.53. The zero-order valence-electron chi connectivity index (χ0n) is 46.5. The Balaban J connectivity index is 1.50.